The van der Waals surface area contributed by atoms with Crippen molar-refractivity contribution in [2.24, 2.45) is 0 Å². The Bertz CT molecular complexity index is 629. The van der Waals surface area contributed by atoms with Crippen LogP contribution in [-0.2, 0) is 0 Å². The molecule has 0 spiro atoms. The maximum Gasteiger partial charge on any atom is 0.200 e. The van der Waals surface area contributed by atoms with E-state index in [9.17, 15) is 5.11 Å². The molecule has 2 aromatic heterocycles. The van der Waals surface area contributed by atoms with Gasteiger partial charge in [-0.3, -0.25) is 0 Å². The Morgan fingerprint density at radius 1 is 1.33 bits per heavy atom. The van der Waals surface area contributed by atoms with E-state index in [0.717, 1.165) is 43.0 Å². The first kappa shape index (κ1) is 14.2. The maximum atomic E-state index is 10.6. The van der Waals surface area contributed by atoms with Crippen molar-refractivity contribution in [1.82, 2.24) is 24.7 Å². The second-order valence-electron chi connectivity index (χ2n) is 6.22. The molecule has 3 rings (SSSR count). The van der Waals surface area contributed by atoms with Crippen LogP contribution < -0.4 is 4.90 Å². The fourth-order valence-corrected chi connectivity index (χ4v) is 3.08. The van der Waals surface area contributed by atoms with Crippen LogP contribution in [0.4, 0.5) is 5.69 Å². The van der Waals surface area contributed by atoms with Gasteiger partial charge in [0.25, 0.3) is 0 Å². The lowest BCUT2D eigenvalue weighted by Crippen LogP contribution is -2.49. The number of aromatic nitrogens is 4. The lowest BCUT2D eigenvalue weighted by molar-refractivity contribution is -0.00535. The first-order valence-electron chi connectivity index (χ1n) is 7.27. The van der Waals surface area contributed by atoms with E-state index in [2.05, 4.69) is 20.2 Å². The van der Waals surface area contributed by atoms with Crippen molar-refractivity contribution < 1.29 is 5.11 Å². The first-order chi connectivity index (χ1) is 9.97. The quantitative estimate of drug-likeness (QED) is 0.878. The Balaban J connectivity index is 1.81. The molecule has 2 aromatic rings. The average molecular weight is 290 g/mol. The molecule has 21 heavy (non-hydrogen) atoms. The lowest BCUT2D eigenvalue weighted by atomic mass is 9.91. The monoisotopic (exact) mass is 290 g/mol. The minimum atomic E-state index is -0.591. The van der Waals surface area contributed by atoms with Crippen LogP contribution in [0.25, 0.3) is 5.65 Å². The minimum Gasteiger partial charge on any atom is -0.388 e. The molecule has 1 N–H and O–H groups in total. The van der Waals surface area contributed by atoms with Crippen molar-refractivity contribution in [3.8, 4) is 0 Å². The third-order valence-corrected chi connectivity index (χ3v) is 4.02. The largest absolute Gasteiger partial charge is 0.388 e. The molecule has 0 atom stereocenters. The van der Waals surface area contributed by atoms with Crippen molar-refractivity contribution >= 4 is 11.3 Å². The molecule has 0 unspecified atom stereocenters. The van der Waals surface area contributed by atoms with Gasteiger partial charge in [0.05, 0.1) is 17.0 Å². The summed E-state index contributed by atoms with van der Waals surface area (Å²) in [5, 5.41) is 23.1. The average Bonchev–Trinajstić information content (AvgIpc) is 2.85. The van der Waals surface area contributed by atoms with Gasteiger partial charge in [0.1, 0.15) is 6.33 Å². The highest BCUT2D eigenvalue weighted by Crippen LogP contribution is 2.28. The molecular weight excluding hydrogens is 268 g/mol. The van der Waals surface area contributed by atoms with Crippen LogP contribution in [-0.4, -0.2) is 69.1 Å². The lowest BCUT2D eigenvalue weighted by Gasteiger charge is -2.40. The van der Waals surface area contributed by atoms with Crippen LogP contribution in [0.3, 0.4) is 0 Å². The molecule has 1 aliphatic rings. The highest BCUT2D eigenvalue weighted by Gasteiger charge is 2.33. The molecule has 0 aliphatic carbocycles. The van der Waals surface area contributed by atoms with Gasteiger partial charge in [-0.2, -0.15) is 9.61 Å². The van der Waals surface area contributed by atoms with Crippen LogP contribution in [0.1, 0.15) is 18.5 Å². The summed E-state index contributed by atoms with van der Waals surface area (Å²) in [7, 11) is 3.99. The van der Waals surface area contributed by atoms with Crippen molar-refractivity contribution in [3.63, 3.8) is 0 Å². The van der Waals surface area contributed by atoms with E-state index in [1.54, 1.807) is 10.8 Å². The summed E-state index contributed by atoms with van der Waals surface area (Å²) in [6.07, 6.45) is 3.14. The van der Waals surface area contributed by atoms with E-state index in [1.165, 1.54) is 0 Å². The van der Waals surface area contributed by atoms with Gasteiger partial charge in [-0.05, 0) is 39.9 Å². The molecule has 114 valence electrons. The van der Waals surface area contributed by atoms with Gasteiger partial charge in [-0.15, -0.1) is 10.2 Å². The number of hydrogen-bond donors (Lipinski definition) is 1. The molecule has 1 saturated heterocycles. The van der Waals surface area contributed by atoms with E-state index in [-0.39, 0.29) is 0 Å². The van der Waals surface area contributed by atoms with Gasteiger partial charge in [0.15, 0.2) is 0 Å². The third-order valence-electron chi connectivity index (χ3n) is 4.02. The zero-order valence-electron chi connectivity index (χ0n) is 12.8. The van der Waals surface area contributed by atoms with Gasteiger partial charge in [-0.1, -0.05) is 0 Å². The highest BCUT2D eigenvalue weighted by molar-refractivity contribution is 5.68. The summed E-state index contributed by atoms with van der Waals surface area (Å²) in [6, 6.07) is 2.04. The van der Waals surface area contributed by atoms with Crippen molar-refractivity contribution in [2.75, 3.05) is 38.6 Å². The van der Waals surface area contributed by atoms with Crippen LogP contribution in [0, 0.1) is 6.92 Å². The van der Waals surface area contributed by atoms with E-state index < -0.39 is 5.60 Å². The van der Waals surface area contributed by atoms with Gasteiger partial charge < -0.3 is 14.9 Å². The van der Waals surface area contributed by atoms with E-state index in [0.29, 0.717) is 6.54 Å². The molecular formula is C14H22N6O. The maximum absolute atomic E-state index is 10.6. The number of hydrogen-bond acceptors (Lipinski definition) is 6. The van der Waals surface area contributed by atoms with Crippen molar-refractivity contribution in [2.45, 2.75) is 25.4 Å². The van der Waals surface area contributed by atoms with Gasteiger partial charge in [0.2, 0.25) is 5.65 Å². The zero-order valence-corrected chi connectivity index (χ0v) is 12.8. The highest BCUT2D eigenvalue weighted by atomic mass is 16.3. The smallest absolute Gasteiger partial charge is 0.200 e. The van der Waals surface area contributed by atoms with Gasteiger partial charge in [0, 0.05) is 19.6 Å². The minimum absolute atomic E-state index is 0.591. The number of fused-ring (bicyclic) bond motifs is 1. The molecule has 0 saturated carbocycles. The Morgan fingerprint density at radius 3 is 2.71 bits per heavy atom. The molecule has 0 bridgehead atoms. The number of aliphatic hydroxyl groups is 1. The Labute approximate surface area is 124 Å². The number of rotatable bonds is 3. The molecule has 0 amide bonds. The van der Waals surface area contributed by atoms with Crippen LogP contribution in [0.15, 0.2) is 12.4 Å². The molecule has 7 heteroatoms. The van der Waals surface area contributed by atoms with E-state index in [4.69, 9.17) is 0 Å². The fraction of sp³-hybridized carbons (Fsp3) is 0.643. The second kappa shape index (κ2) is 5.23. The summed E-state index contributed by atoms with van der Waals surface area (Å²) in [4.78, 5) is 4.31. The Morgan fingerprint density at radius 2 is 2.05 bits per heavy atom. The number of piperidine rings is 1. The Hall–Kier alpha value is -1.73. The molecule has 1 fully saturated rings. The fourth-order valence-electron chi connectivity index (χ4n) is 3.08. The predicted octanol–water partition coefficient (Wildman–Crippen LogP) is 0.326. The SMILES string of the molecule is Cc1cc(N2CCC(O)(CN(C)C)CC2)c2nncn2n1. The number of aryl methyl sites for hydroxylation is 1. The van der Waals surface area contributed by atoms with Crippen LogP contribution >= 0.6 is 0 Å². The summed E-state index contributed by atoms with van der Waals surface area (Å²) < 4.78 is 1.71. The number of likely N-dealkylation sites (N-methyl/N-ethyl adjacent to an activating group) is 1. The number of anilines is 1. The Kier molecular flexibility index (Phi) is 3.54. The molecule has 1 aliphatic heterocycles. The standard InChI is InChI=1S/C14H22N6O/c1-11-8-12(13-16-15-10-20(13)17-11)19-6-4-14(21,5-7-19)9-18(2)3/h8,10,21H,4-7,9H2,1-3H3. The molecule has 0 radical (unpaired) electrons. The molecule has 0 aromatic carbocycles. The molecule has 7 nitrogen and oxygen atoms in total. The van der Waals surface area contributed by atoms with Gasteiger partial charge in [-0.25, -0.2) is 0 Å². The third kappa shape index (κ3) is 2.84. The first-order valence-corrected chi connectivity index (χ1v) is 7.27. The van der Waals surface area contributed by atoms with E-state index in [1.807, 2.05) is 32.0 Å². The topological polar surface area (TPSA) is 69.8 Å². The number of nitrogens with zero attached hydrogens (tertiary/aromatic N) is 6. The zero-order chi connectivity index (χ0) is 15.0. The van der Waals surface area contributed by atoms with Crippen LogP contribution in [0.2, 0.25) is 0 Å². The summed E-state index contributed by atoms with van der Waals surface area (Å²) in [6.45, 7) is 4.30. The normalized spacial score (nSPS) is 18.6. The second-order valence-corrected chi connectivity index (χ2v) is 6.22. The van der Waals surface area contributed by atoms with Gasteiger partial charge >= 0.3 is 0 Å². The molecule has 3 heterocycles. The summed E-state index contributed by atoms with van der Waals surface area (Å²) >= 11 is 0. The van der Waals surface area contributed by atoms with Crippen molar-refractivity contribution in [1.29, 1.82) is 0 Å². The predicted molar refractivity (Wildman–Crippen MR) is 80.5 cm³/mol. The summed E-state index contributed by atoms with van der Waals surface area (Å²) in [5.74, 6) is 0. The summed E-state index contributed by atoms with van der Waals surface area (Å²) in [5.41, 5.74) is 2.17. The van der Waals surface area contributed by atoms with Crippen molar-refractivity contribution in [3.05, 3.63) is 18.1 Å². The van der Waals surface area contributed by atoms with Crippen LogP contribution in [0.5, 0.6) is 0 Å². The van der Waals surface area contributed by atoms with E-state index >= 15 is 0 Å².